The Labute approximate surface area is 86.4 Å². The molecule has 2 rings (SSSR count). The molecule has 4 heteroatoms. The first-order chi connectivity index (χ1) is 7.24. The molecule has 0 aliphatic rings. The molecule has 0 spiro atoms. The summed E-state index contributed by atoms with van der Waals surface area (Å²) in [5.74, 6) is 0.402. The van der Waals surface area contributed by atoms with Crippen molar-refractivity contribution in [3.05, 3.63) is 30.0 Å². The number of esters is 1. The van der Waals surface area contributed by atoms with E-state index in [1.165, 1.54) is 7.11 Å². The molecule has 0 aliphatic carbocycles. The molecule has 78 valence electrons. The number of carbonyl (C=O) groups excluding carboxylic acids is 1. The molecule has 4 nitrogen and oxygen atoms in total. The van der Waals surface area contributed by atoms with Gasteiger partial charge in [-0.15, -0.1) is 0 Å². The normalized spacial score (nSPS) is 10.3. The van der Waals surface area contributed by atoms with Gasteiger partial charge in [0.25, 0.3) is 0 Å². The fourth-order valence-corrected chi connectivity index (χ4v) is 1.34. The fourth-order valence-electron chi connectivity index (χ4n) is 1.34. The molecule has 0 aliphatic heterocycles. The monoisotopic (exact) mass is 206 g/mol. The first-order valence-corrected chi connectivity index (χ1v) is 4.40. The summed E-state index contributed by atoms with van der Waals surface area (Å²) in [5, 5.41) is 0.844. The molecule has 1 aromatic carbocycles. The lowest BCUT2D eigenvalue weighted by Crippen LogP contribution is -1.97. The SMILES string of the molecule is COC(=O)c1cc2ccc(OC)cc2o1. The zero-order chi connectivity index (χ0) is 10.8. The average molecular weight is 206 g/mol. The molecular weight excluding hydrogens is 196 g/mol. The summed E-state index contributed by atoms with van der Waals surface area (Å²) in [4.78, 5) is 11.2. The minimum Gasteiger partial charge on any atom is -0.497 e. The van der Waals surface area contributed by atoms with Crippen molar-refractivity contribution in [2.24, 2.45) is 0 Å². The molecule has 15 heavy (non-hydrogen) atoms. The summed E-state index contributed by atoms with van der Waals surface area (Å²) < 4.78 is 14.9. The zero-order valence-corrected chi connectivity index (χ0v) is 8.44. The highest BCUT2D eigenvalue weighted by Gasteiger charge is 2.12. The van der Waals surface area contributed by atoms with Crippen LogP contribution in [0.15, 0.2) is 28.7 Å². The lowest BCUT2D eigenvalue weighted by Gasteiger charge is -1.96. The summed E-state index contributed by atoms with van der Waals surface area (Å²) in [7, 11) is 2.89. The molecule has 0 atom stereocenters. The van der Waals surface area contributed by atoms with Crippen LogP contribution in [0.5, 0.6) is 5.75 Å². The second kappa shape index (κ2) is 3.65. The third-order valence-corrected chi connectivity index (χ3v) is 2.11. The average Bonchev–Trinajstić information content (AvgIpc) is 2.70. The van der Waals surface area contributed by atoms with E-state index in [9.17, 15) is 4.79 Å². The van der Waals surface area contributed by atoms with Crippen molar-refractivity contribution < 1.29 is 18.7 Å². The lowest BCUT2D eigenvalue weighted by atomic mass is 10.2. The van der Waals surface area contributed by atoms with Gasteiger partial charge in [-0.2, -0.15) is 0 Å². The Balaban J connectivity index is 2.51. The van der Waals surface area contributed by atoms with Crippen molar-refractivity contribution in [3.8, 4) is 5.75 Å². The number of carbonyl (C=O) groups is 1. The van der Waals surface area contributed by atoms with Crippen LogP contribution in [0.1, 0.15) is 10.6 Å². The van der Waals surface area contributed by atoms with Gasteiger partial charge in [0.1, 0.15) is 11.3 Å². The lowest BCUT2D eigenvalue weighted by molar-refractivity contribution is 0.0567. The van der Waals surface area contributed by atoms with E-state index < -0.39 is 5.97 Å². The molecule has 0 bridgehead atoms. The largest absolute Gasteiger partial charge is 0.497 e. The number of fused-ring (bicyclic) bond motifs is 1. The quantitative estimate of drug-likeness (QED) is 0.707. The van der Waals surface area contributed by atoms with Crippen LogP contribution in [0.2, 0.25) is 0 Å². The first-order valence-electron chi connectivity index (χ1n) is 4.40. The van der Waals surface area contributed by atoms with Crippen LogP contribution in [-0.4, -0.2) is 20.2 Å². The summed E-state index contributed by atoms with van der Waals surface area (Å²) in [5.41, 5.74) is 0.606. The molecule has 0 saturated heterocycles. The van der Waals surface area contributed by atoms with Crippen molar-refractivity contribution in [1.82, 2.24) is 0 Å². The fraction of sp³-hybridized carbons (Fsp3) is 0.182. The van der Waals surface area contributed by atoms with E-state index in [4.69, 9.17) is 9.15 Å². The molecule has 0 radical (unpaired) electrons. The Hall–Kier alpha value is -1.97. The molecule has 0 saturated carbocycles. The third kappa shape index (κ3) is 1.66. The van der Waals surface area contributed by atoms with Crippen LogP contribution in [-0.2, 0) is 4.74 Å². The van der Waals surface area contributed by atoms with E-state index in [-0.39, 0.29) is 5.76 Å². The summed E-state index contributed by atoms with van der Waals surface area (Å²) in [6.07, 6.45) is 0. The van der Waals surface area contributed by atoms with E-state index in [0.29, 0.717) is 11.3 Å². The van der Waals surface area contributed by atoms with Gasteiger partial charge < -0.3 is 13.9 Å². The first kappa shape index (κ1) is 9.58. The van der Waals surface area contributed by atoms with Crippen molar-refractivity contribution in [2.75, 3.05) is 14.2 Å². The maximum absolute atomic E-state index is 11.2. The van der Waals surface area contributed by atoms with E-state index >= 15 is 0 Å². The van der Waals surface area contributed by atoms with Crippen molar-refractivity contribution in [1.29, 1.82) is 0 Å². The van der Waals surface area contributed by atoms with E-state index in [1.54, 1.807) is 25.3 Å². The maximum Gasteiger partial charge on any atom is 0.373 e. The van der Waals surface area contributed by atoms with Gasteiger partial charge in [-0.3, -0.25) is 0 Å². The molecule has 2 aromatic rings. The summed E-state index contributed by atoms with van der Waals surface area (Å²) in [6.45, 7) is 0. The zero-order valence-electron chi connectivity index (χ0n) is 8.44. The molecule has 0 fully saturated rings. The van der Waals surface area contributed by atoms with Gasteiger partial charge in [-0.05, 0) is 18.2 Å². The molecule has 1 heterocycles. The second-order valence-corrected chi connectivity index (χ2v) is 3.01. The number of hydrogen-bond donors (Lipinski definition) is 0. The van der Waals surface area contributed by atoms with Gasteiger partial charge in [-0.1, -0.05) is 0 Å². The van der Waals surface area contributed by atoms with Crippen LogP contribution in [0.25, 0.3) is 11.0 Å². The van der Waals surface area contributed by atoms with Crippen molar-refractivity contribution in [3.63, 3.8) is 0 Å². The van der Waals surface area contributed by atoms with Crippen molar-refractivity contribution in [2.45, 2.75) is 0 Å². The Morgan fingerprint density at radius 1 is 1.27 bits per heavy atom. The van der Waals surface area contributed by atoms with Gasteiger partial charge in [0, 0.05) is 11.5 Å². The number of ether oxygens (including phenoxy) is 2. The highest BCUT2D eigenvalue weighted by Crippen LogP contribution is 2.24. The van der Waals surface area contributed by atoms with Crippen molar-refractivity contribution >= 4 is 16.9 Å². The highest BCUT2D eigenvalue weighted by molar-refractivity contribution is 5.92. The Kier molecular flexibility index (Phi) is 2.33. The van der Waals surface area contributed by atoms with E-state index in [2.05, 4.69) is 4.74 Å². The minimum absolute atomic E-state index is 0.195. The number of methoxy groups -OCH3 is 2. The Morgan fingerprint density at radius 3 is 2.73 bits per heavy atom. The van der Waals surface area contributed by atoms with Crippen LogP contribution in [0.3, 0.4) is 0 Å². The highest BCUT2D eigenvalue weighted by atomic mass is 16.5. The van der Waals surface area contributed by atoms with Crippen LogP contribution in [0.4, 0.5) is 0 Å². The second-order valence-electron chi connectivity index (χ2n) is 3.01. The molecule has 0 unspecified atom stereocenters. The summed E-state index contributed by atoms with van der Waals surface area (Å²) in [6, 6.07) is 6.99. The summed E-state index contributed by atoms with van der Waals surface area (Å²) >= 11 is 0. The van der Waals surface area contributed by atoms with Crippen LogP contribution in [0, 0.1) is 0 Å². The predicted octanol–water partition coefficient (Wildman–Crippen LogP) is 2.23. The number of rotatable bonds is 2. The minimum atomic E-state index is -0.481. The topological polar surface area (TPSA) is 48.7 Å². The van der Waals surface area contributed by atoms with Crippen LogP contribution >= 0.6 is 0 Å². The number of hydrogen-bond acceptors (Lipinski definition) is 4. The van der Waals surface area contributed by atoms with Gasteiger partial charge in [0.15, 0.2) is 0 Å². The van der Waals surface area contributed by atoms with Gasteiger partial charge >= 0.3 is 5.97 Å². The molecule has 1 aromatic heterocycles. The maximum atomic E-state index is 11.2. The molecular formula is C11H10O4. The third-order valence-electron chi connectivity index (χ3n) is 2.11. The number of benzene rings is 1. The molecule has 0 amide bonds. The Morgan fingerprint density at radius 2 is 2.07 bits per heavy atom. The van der Waals surface area contributed by atoms with Gasteiger partial charge in [0.2, 0.25) is 5.76 Å². The Bertz CT molecular complexity index is 498. The standard InChI is InChI=1S/C11H10O4/c1-13-8-4-3-7-5-10(11(12)14-2)15-9(7)6-8/h3-6H,1-2H3. The van der Waals surface area contributed by atoms with Gasteiger partial charge in [0.05, 0.1) is 14.2 Å². The van der Waals surface area contributed by atoms with Gasteiger partial charge in [-0.25, -0.2) is 4.79 Å². The van der Waals surface area contributed by atoms with E-state index in [1.807, 2.05) is 6.07 Å². The van der Waals surface area contributed by atoms with Crippen LogP contribution < -0.4 is 4.74 Å². The molecule has 0 N–H and O–H groups in total. The predicted molar refractivity (Wildman–Crippen MR) is 54.1 cm³/mol. The smallest absolute Gasteiger partial charge is 0.373 e. The number of furan rings is 1. The van der Waals surface area contributed by atoms with E-state index in [0.717, 1.165) is 5.39 Å².